The first kappa shape index (κ1) is 18.9. The fourth-order valence-electron chi connectivity index (χ4n) is 2.49. The number of carbonyl (C=O) groups is 1. The van der Waals surface area contributed by atoms with Crippen molar-refractivity contribution in [3.63, 3.8) is 0 Å². The van der Waals surface area contributed by atoms with E-state index in [4.69, 9.17) is 4.74 Å². The van der Waals surface area contributed by atoms with E-state index in [0.717, 1.165) is 12.8 Å². The number of benzene rings is 2. The molecule has 2 aromatic rings. The van der Waals surface area contributed by atoms with Gasteiger partial charge in [0.2, 0.25) is 0 Å². The summed E-state index contributed by atoms with van der Waals surface area (Å²) in [5.41, 5.74) is 1.22. The van der Waals surface area contributed by atoms with Crippen LogP contribution in [0, 0.1) is 0 Å². The molecule has 1 atom stereocenters. The summed E-state index contributed by atoms with van der Waals surface area (Å²) in [6.45, 7) is 0. The second kappa shape index (κ2) is 9.18. The van der Waals surface area contributed by atoms with Crippen LogP contribution in [0.4, 0.5) is 0 Å². The summed E-state index contributed by atoms with van der Waals surface area (Å²) in [6.07, 6.45) is 5.39. The Hall–Kier alpha value is -2.40. The van der Waals surface area contributed by atoms with E-state index in [1.807, 2.05) is 36.4 Å². The van der Waals surface area contributed by atoms with Crippen LogP contribution in [-0.4, -0.2) is 26.7 Å². The highest BCUT2D eigenvalue weighted by Gasteiger charge is 2.33. The Morgan fingerprint density at radius 3 is 2.20 bits per heavy atom. The van der Waals surface area contributed by atoms with Gasteiger partial charge in [-0.3, -0.25) is 4.79 Å². The van der Waals surface area contributed by atoms with Gasteiger partial charge in [-0.15, -0.1) is 0 Å². The van der Waals surface area contributed by atoms with Crippen molar-refractivity contribution in [1.82, 2.24) is 0 Å². The SMILES string of the molecule is COC(=O)C(C/C=C/CCc1ccccc1)S(=O)(=O)c1ccccc1. The maximum absolute atomic E-state index is 12.7. The fourth-order valence-corrected chi connectivity index (χ4v) is 4.07. The maximum Gasteiger partial charge on any atom is 0.324 e. The molecule has 0 saturated carbocycles. The lowest BCUT2D eigenvalue weighted by Gasteiger charge is -2.14. The highest BCUT2D eigenvalue weighted by Crippen LogP contribution is 2.20. The number of aryl methyl sites for hydroxylation is 1. The highest BCUT2D eigenvalue weighted by atomic mass is 32.2. The van der Waals surface area contributed by atoms with Crippen LogP contribution < -0.4 is 0 Å². The van der Waals surface area contributed by atoms with Crippen LogP contribution in [0.25, 0.3) is 0 Å². The van der Waals surface area contributed by atoms with Gasteiger partial charge in [-0.05, 0) is 37.0 Å². The predicted octanol–water partition coefficient (Wildman–Crippen LogP) is 3.58. The second-order valence-electron chi connectivity index (χ2n) is 5.60. The van der Waals surface area contributed by atoms with Gasteiger partial charge in [0, 0.05) is 0 Å². The Morgan fingerprint density at radius 2 is 1.60 bits per heavy atom. The van der Waals surface area contributed by atoms with Crippen molar-refractivity contribution >= 4 is 15.8 Å². The molecule has 0 fully saturated rings. The monoisotopic (exact) mass is 358 g/mol. The predicted molar refractivity (Wildman–Crippen MR) is 98.0 cm³/mol. The quantitative estimate of drug-likeness (QED) is 0.534. The zero-order valence-electron chi connectivity index (χ0n) is 14.2. The van der Waals surface area contributed by atoms with Gasteiger partial charge >= 0.3 is 5.97 Å². The second-order valence-corrected chi connectivity index (χ2v) is 7.73. The zero-order chi connectivity index (χ0) is 18.1. The number of hydrogen-bond acceptors (Lipinski definition) is 4. The number of sulfone groups is 1. The number of rotatable bonds is 8. The average molecular weight is 358 g/mol. The maximum atomic E-state index is 12.7. The van der Waals surface area contributed by atoms with Crippen LogP contribution in [0.3, 0.4) is 0 Å². The molecule has 0 aliphatic heterocycles. The number of esters is 1. The highest BCUT2D eigenvalue weighted by molar-refractivity contribution is 7.92. The van der Waals surface area contributed by atoms with Gasteiger partial charge in [0.05, 0.1) is 12.0 Å². The number of allylic oxidation sites excluding steroid dienone is 2. The molecule has 2 aromatic carbocycles. The number of hydrogen-bond donors (Lipinski definition) is 0. The van der Waals surface area contributed by atoms with Crippen molar-refractivity contribution < 1.29 is 17.9 Å². The topological polar surface area (TPSA) is 60.4 Å². The van der Waals surface area contributed by atoms with Crippen LogP contribution in [-0.2, 0) is 25.8 Å². The molecule has 0 spiro atoms. The van der Waals surface area contributed by atoms with Gasteiger partial charge in [-0.2, -0.15) is 0 Å². The van der Waals surface area contributed by atoms with Gasteiger partial charge in [0.15, 0.2) is 15.1 Å². The van der Waals surface area contributed by atoms with E-state index in [2.05, 4.69) is 0 Å². The van der Waals surface area contributed by atoms with Crippen LogP contribution in [0.5, 0.6) is 0 Å². The largest absolute Gasteiger partial charge is 0.468 e. The van der Waals surface area contributed by atoms with Gasteiger partial charge in [-0.1, -0.05) is 60.7 Å². The van der Waals surface area contributed by atoms with E-state index in [0.29, 0.717) is 0 Å². The molecule has 0 N–H and O–H groups in total. The van der Waals surface area contributed by atoms with Gasteiger partial charge < -0.3 is 4.74 Å². The van der Waals surface area contributed by atoms with Gasteiger partial charge in [0.25, 0.3) is 0 Å². The van der Waals surface area contributed by atoms with Crippen LogP contribution in [0.2, 0.25) is 0 Å². The first-order chi connectivity index (χ1) is 12.1. The minimum atomic E-state index is -3.78. The third-order valence-corrected chi connectivity index (χ3v) is 5.93. The van der Waals surface area contributed by atoms with Crippen molar-refractivity contribution in [3.05, 3.63) is 78.4 Å². The van der Waals surface area contributed by atoms with Crippen LogP contribution in [0.1, 0.15) is 18.4 Å². The average Bonchev–Trinajstić information content (AvgIpc) is 2.65. The lowest BCUT2D eigenvalue weighted by atomic mass is 10.1. The van der Waals surface area contributed by atoms with Crippen molar-refractivity contribution in [2.75, 3.05) is 7.11 Å². The summed E-state index contributed by atoms with van der Waals surface area (Å²) in [4.78, 5) is 12.1. The van der Waals surface area contributed by atoms with E-state index in [-0.39, 0.29) is 11.3 Å². The molecule has 0 amide bonds. The minimum absolute atomic E-state index is 0.0959. The fraction of sp³-hybridized carbons (Fsp3) is 0.250. The molecule has 0 aromatic heterocycles. The Kier molecular flexibility index (Phi) is 6.95. The Labute approximate surface area is 149 Å². The molecule has 0 saturated heterocycles. The molecule has 2 rings (SSSR count). The summed E-state index contributed by atoms with van der Waals surface area (Å²) < 4.78 is 30.1. The standard InChI is InChI=1S/C20H22O4S/c1-24-20(21)19(25(22,23)18-14-8-4-9-15-18)16-10-3-7-13-17-11-5-2-6-12-17/h2-6,8-12,14-15,19H,7,13,16H2,1H3/b10-3+. The van der Waals surface area contributed by atoms with E-state index in [1.54, 1.807) is 24.3 Å². The lowest BCUT2D eigenvalue weighted by Crippen LogP contribution is -2.31. The zero-order valence-corrected chi connectivity index (χ0v) is 15.0. The molecular weight excluding hydrogens is 336 g/mol. The van der Waals surface area contributed by atoms with Crippen LogP contribution in [0.15, 0.2) is 77.7 Å². The molecule has 25 heavy (non-hydrogen) atoms. The summed E-state index contributed by atoms with van der Waals surface area (Å²) in [6, 6.07) is 18.0. The number of carbonyl (C=O) groups excluding carboxylic acids is 1. The molecule has 0 radical (unpaired) electrons. The first-order valence-corrected chi connectivity index (χ1v) is 9.66. The van der Waals surface area contributed by atoms with Crippen molar-refractivity contribution in [2.45, 2.75) is 29.4 Å². The minimum Gasteiger partial charge on any atom is -0.468 e. The molecular formula is C20H22O4S. The number of methoxy groups -OCH3 is 1. The van der Waals surface area contributed by atoms with Gasteiger partial charge in [0.1, 0.15) is 0 Å². The normalized spacial score (nSPS) is 12.8. The smallest absolute Gasteiger partial charge is 0.324 e. The Morgan fingerprint density at radius 1 is 1.00 bits per heavy atom. The molecule has 0 bridgehead atoms. The molecule has 1 unspecified atom stereocenters. The van der Waals surface area contributed by atoms with E-state index < -0.39 is 21.1 Å². The van der Waals surface area contributed by atoms with Crippen molar-refractivity contribution in [1.29, 1.82) is 0 Å². The summed E-state index contributed by atoms with van der Waals surface area (Å²) in [5.74, 6) is -0.739. The van der Waals surface area contributed by atoms with E-state index >= 15 is 0 Å². The molecule has 4 nitrogen and oxygen atoms in total. The Balaban J connectivity index is 2.03. The third kappa shape index (κ3) is 5.29. The Bertz CT molecular complexity index is 796. The summed E-state index contributed by atoms with van der Waals surface area (Å²) >= 11 is 0. The summed E-state index contributed by atoms with van der Waals surface area (Å²) in [5, 5.41) is -1.23. The third-order valence-electron chi connectivity index (χ3n) is 3.87. The number of ether oxygens (including phenoxy) is 1. The first-order valence-electron chi connectivity index (χ1n) is 8.11. The summed E-state index contributed by atoms with van der Waals surface area (Å²) in [7, 11) is -2.57. The molecule has 5 heteroatoms. The van der Waals surface area contributed by atoms with Gasteiger partial charge in [-0.25, -0.2) is 8.42 Å². The molecule has 132 valence electrons. The van der Waals surface area contributed by atoms with Crippen molar-refractivity contribution in [2.24, 2.45) is 0 Å². The van der Waals surface area contributed by atoms with Crippen LogP contribution >= 0.6 is 0 Å². The molecule has 0 aliphatic carbocycles. The van der Waals surface area contributed by atoms with E-state index in [1.165, 1.54) is 24.8 Å². The molecule has 0 heterocycles. The van der Waals surface area contributed by atoms with E-state index in [9.17, 15) is 13.2 Å². The molecule has 0 aliphatic rings. The van der Waals surface area contributed by atoms with Crippen molar-refractivity contribution in [3.8, 4) is 0 Å². The lowest BCUT2D eigenvalue weighted by molar-refractivity contribution is -0.140.